The second-order valence-corrected chi connectivity index (χ2v) is 8.56. The topological polar surface area (TPSA) is 3.24 Å². The third-order valence-corrected chi connectivity index (χ3v) is 5.39. The van der Waals surface area contributed by atoms with E-state index in [9.17, 15) is 13.2 Å². The summed E-state index contributed by atoms with van der Waals surface area (Å²) < 4.78 is 38.8. The zero-order valence-corrected chi connectivity index (χ0v) is 18.0. The molecule has 0 bridgehead atoms. The van der Waals surface area contributed by atoms with Crippen molar-refractivity contribution in [2.75, 3.05) is 19.6 Å². The van der Waals surface area contributed by atoms with E-state index >= 15 is 0 Å². The van der Waals surface area contributed by atoms with E-state index in [1.165, 1.54) is 23.3 Å². The summed E-state index contributed by atoms with van der Waals surface area (Å²) in [6.45, 7) is 9.26. The van der Waals surface area contributed by atoms with Gasteiger partial charge in [-0.3, -0.25) is 4.90 Å². The van der Waals surface area contributed by atoms with Crippen molar-refractivity contribution >= 4 is 18.0 Å². The van der Waals surface area contributed by atoms with Crippen LogP contribution in [-0.4, -0.2) is 24.5 Å². The van der Waals surface area contributed by atoms with Gasteiger partial charge in [0.25, 0.3) is 0 Å². The summed E-state index contributed by atoms with van der Waals surface area (Å²) in [6.07, 6.45) is -0.455. The Hall–Kier alpha value is -1.78. The Bertz CT molecular complexity index is 832. The van der Waals surface area contributed by atoms with Crippen molar-refractivity contribution in [2.45, 2.75) is 45.2 Å². The minimum absolute atomic E-state index is 0. The number of hydrogen-bond donors (Lipinski definition) is 0. The Labute approximate surface area is 178 Å². The summed E-state index contributed by atoms with van der Waals surface area (Å²) in [4.78, 5) is 2.36. The van der Waals surface area contributed by atoms with Gasteiger partial charge < -0.3 is 0 Å². The predicted octanol–water partition coefficient (Wildman–Crippen LogP) is 6.76. The lowest BCUT2D eigenvalue weighted by Crippen LogP contribution is -2.30. The predicted molar refractivity (Wildman–Crippen MR) is 117 cm³/mol. The van der Waals surface area contributed by atoms with Gasteiger partial charge in [0.2, 0.25) is 0 Å². The Morgan fingerprint density at radius 2 is 1.62 bits per heavy atom. The molecule has 0 aliphatic carbocycles. The van der Waals surface area contributed by atoms with Gasteiger partial charge in [-0.25, -0.2) is 0 Å². The van der Waals surface area contributed by atoms with Crippen LogP contribution >= 0.6 is 12.4 Å². The Morgan fingerprint density at radius 1 is 0.931 bits per heavy atom. The van der Waals surface area contributed by atoms with Crippen LogP contribution in [0.2, 0.25) is 0 Å². The van der Waals surface area contributed by atoms with E-state index in [2.05, 4.69) is 56.0 Å². The number of hydrogen-bond acceptors (Lipinski definition) is 1. The molecule has 29 heavy (non-hydrogen) atoms. The van der Waals surface area contributed by atoms with E-state index in [4.69, 9.17) is 0 Å². The zero-order valence-electron chi connectivity index (χ0n) is 17.2. The van der Waals surface area contributed by atoms with E-state index in [1.54, 1.807) is 6.07 Å². The molecule has 1 heterocycles. The SMILES string of the molecule is CC(C)(C)c1ccc(CCN2CC=C(c3cccc(C(F)(F)F)c3)CC2)cc1.Cl. The van der Waals surface area contributed by atoms with Gasteiger partial charge in [-0.05, 0) is 52.7 Å². The first-order valence-corrected chi connectivity index (χ1v) is 9.81. The molecule has 0 fully saturated rings. The zero-order chi connectivity index (χ0) is 20.4. The molecule has 0 atom stereocenters. The molecule has 1 aliphatic heterocycles. The molecule has 158 valence electrons. The quantitative estimate of drug-likeness (QED) is 0.525. The van der Waals surface area contributed by atoms with Crippen LogP contribution < -0.4 is 0 Å². The molecular weight excluding hydrogens is 395 g/mol. The fraction of sp³-hybridized carbons (Fsp3) is 0.417. The van der Waals surface area contributed by atoms with E-state index in [0.717, 1.165) is 44.1 Å². The van der Waals surface area contributed by atoms with E-state index < -0.39 is 11.7 Å². The third kappa shape index (κ3) is 6.35. The van der Waals surface area contributed by atoms with Crippen molar-refractivity contribution in [1.29, 1.82) is 0 Å². The highest BCUT2D eigenvalue weighted by Crippen LogP contribution is 2.32. The molecule has 2 aromatic rings. The highest BCUT2D eigenvalue weighted by Gasteiger charge is 2.30. The molecule has 0 amide bonds. The first-order chi connectivity index (χ1) is 13.1. The largest absolute Gasteiger partial charge is 0.416 e. The molecule has 3 rings (SSSR count). The molecule has 0 saturated carbocycles. The van der Waals surface area contributed by atoms with Crippen LogP contribution in [-0.2, 0) is 18.0 Å². The summed E-state index contributed by atoms with van der Waals surface area (Å²) in [7, 11) is 0. The van der Waals surface area contributed by atoms with Gasteiger partial charge in [0.05, 0.1) is 5.56 Å². The first kappa shape index (κ1) is 23.5. The van der Waals surface area contributed by atoms with E-state index in [-0.39, 0.29) is 17.8 Å². The summed E-state index contributed by atoms with van der Waals surface area (Å²) >= 11 is 0. The van der Waals surface area contributed by atoms with E-state index in [0.29, 0.717) is 5.56 Å². The molecule has 2 aromatic carbocycles. The summed E-state index contributed by atoms with van der Waals surface area (Å²) in [5.74, 6) is 0. The van der Waals surface area contributed by atoms with Crippen LogP contribution in [0, 0.1) is 0 Å². The van der Waals surface area contributed by atoms with Gasteiger partial charge >= 0.3 is 6.18 Å². The van der Waals surface area contributed by atoms with Crippen LogP contribution in [0.4, 0.5) is 13.2 Å². The molecular formula is C24H29ClF3N. The third-order valence-electron chi connectivity index (χ3n) is 5.39. The van der Waals surface area contributed by atoms with Gasteiger partial charge in [-0.15, -0.1) is 12.4 Å². The van der Waals surface area contributed by atoms with Crippen molar-refractivity contribution in [2.24, 2.45) is 0 Å². The minimum atomic E-state index is -4.29. The second-order valence-electron chi connectivity index (χ2n) is 8.56. The van der Waals surface area contributed by atoms with E-state index in [1.807, 2.05) is 0 Å². The lowest BCUT2D eigenvalue weighted by Gasteiger charge is -2.27. The second kappa shape index (κ2) is 9.36. The van der Waals surface area contributed by atoms with Crippen LogP contribution in [0.25, 0.3) is 5.57 Å². The van der Waals surface area contributed by atoms with Gasteiger partial charge in [0.1, 0.15) is 0 Å². The maximum absolute atomic E-state index is 12.9. The van der Waals surface area contributed by atoms with Crippen molar-refractivity contribution in [3.8, 4) is 0 Å². The average Bonchev–Trinajstić information content (AvgIpc) is 2.66. The fourth-order valence-electron chi connectivity index (χ4n) is 3.53. The molecule has 0 saturated heterocycles. The lowest BCUT2D eigenvalue weighted by molar-refractivity contribution is -0.137. The van der Waals surface area contributed by atoms with Crippen molar-refractivity contribution in [3.63, 3.8) is 0 Å². The Kier molecular flexibility index (Phi) is 7.58. The van der Waals surface area contributed by atoms with Gasteiger partial charge in [0, 0.05) is 19.6 Å². The van der Waals surface area contributed by atoms with Crippen LogP contribution in [0.3, 0.4) is 0 Å². The number of nitrogens with zero attached hydrogens (tertiary/aromatic N) is 1. The number of benzene rings is 2. The summed E-state index contributed by atoms with van der Waals surface area (Å²) in [5.41, 5.74) is 3.94. The van der Waals surface area contributed by atoms with Gasteiger partial charge in [0.15, 0.2) is 0 Å². The number of alkyl halides is 3. The Balaban J connectivity index is 0.00000300. The Morgan fingerprint density at radius 3 is 2.17 bits per heavy atom. The summed E-state index contributed by atoms with van der Waals surface area (Å²) in [5, 5.41) is 0. The highest BCUT2D eigenvalue weighted by atomic mass is 35.5. The molecule has 0 aromatic heterocycles. The molecule has 5 heteroatoms. The highest BCUT2D eigenvalue weighted by molar-refractivity contribution is 5.85. The van der Waals surface area contributed by atoms with Crippen LogP contribution in [0.5, 0.6) is 0 Å². The minimum Gasteiger partial charge on any atom is -0.299 e. The molecule has 1 aliphatic rings. The molecule has 0 N–H and O–H groups in total. The summed E-state index contributed by atoms with van der Waals surface area (Å²) in [6, 6.07) is 14.5. The lowest BCUT2D eigenvalue weighted by atomic mass is 9.86. The van der Waals surface area contributed by atoms with Crippen LogP contribution in [0.15, 0.2) is 54.6 Å². The standard InChI is InChI=1S/C24H28F3N.ClH/c1-23(2,3)21-9-7-18(8-10-21)11-14-28-15-12-19(13-16-28)20-5-4-6-22(17-20)24(25,26)27;/h4-10,12,17H,11,13-16H2,1-3H3;1H. The van der Waals surface area contributed by atoms with Crippen molar-refractivity contribution < 1.29 is 13.2 Å². The monoisotopic (exact) mass is 423 g/mol. The maximum atomic E-state index is 12.9. The first-order valence-electron chi connectivity index (χ1n) is 9.81. The molecule has 1 nitrogen and oxygen atoms in total. The van der Waals surface area contributed by atoms with Crippen LogP contribution in [0.1, 0.15) is 49.4 Å². The van der Waals surface area contributed by atoms with Crippen molar-refractivity contribution in [1.82, 2.24) is 4.90 Å². The fourth-order valence-corrected chi connectivity index (χ4v) is 3.53. The number of rotatable bonds is 4. The number of halogens is 4. The normalized spacial score (nSPS) is 15.6. The van der Waals surface area contributed by atoms with Crippen molar-refractivity contribution in [3.05, 3.63) is 76.9 Å². The van der Waals surface area contributed by atoms with Gasteiger partial charge in [-0.2, -0.15) is 13.2 Å². The molecule has 0 spiro atoms. The molecule has 0 radical (unpaired) electrons. The molecule has 0 unspecified atom stereocenters. The van der Waals surface area contributed by atoms with Gasteiger partial charge in [-0.1, -0.05) is 63.2 Å². The average molecular weight is 424 g/mol. The maximum Gasteiger partial charge on any atom is 0.416 e. The smallest absolute Gasteiger partial charge is 0.299 e.